The fraction of sp³-hybridized carbons (Fsp3) is 0.174. The molecular weight excluding hydrogens is 455 g/mol. The van der Waals surface area contributed by atoms with Crippen molar-refractivity contribution in [1.29, 1.82) is 0 Å². The van der Waals surface area contributed by atoms with E-state index in [1.54, 1.807) is 31.3 Å². The Bertz CT molecular complexity index is 1170. The molecule has 0 saturated heterocycles. The Morgan fingerprint density at radius 3 is 2.81 bits per heavy atom. The monoisotopic (exact) mass is 472 g/mol. The zero-order chi connectivity index (χ0) is 22.0. The Morgan fingerprint density at radius 2 is 2.10 bits per heavy atom. The molecule has 3 heterocycles. The maximum Gasteiger partial charge on any atom is 0.244 e. The number of ketones is 1. The summed E-state index contributed by atoms with van der Waals surface area (Å²) >= 11 is 13.6. The van der Waals surface area contributed by atoms with Crippen LogP contribution in [-0.2, 0) is 11.2 Å². The molecule has 8 heteroatoms. The number of thiophene rings is 1. The smallest absolute Gasteiger partial charge is 0.244 e. The highest BCUT2D eigenvalue weighted by Crippen LogP contribution is 2.41. The highest BCUT2D eigenvalue weighted by atomic mass is 35.5. The van der Waals surface area contributed by atoms with Crippen LogP contribution in [0.1, 0.15) is 27.7 Å². The molecule has 2 aromatic heterocycles. The third-order valence-electron chi connectivity index (χ3n) is 4.77. The highest BCUT2D eigenvalue weighted by Gasteiger charge is 2.26. The van der Waals surface area contributed by atoms with Gasteiger partial charge in [-0.1, -0.05) is 29.3 Å². The number of hydrogen-bond donors (Lipinski definition) is 1. The first-order chi connectivity index (χ1) is 14.9. The maximum atomic E-state index is 12.1. The summed E-state index contributed by atoms with van der Waals surface area (Å²) in [7, 11) is 0. The summed E-state index contributed by atoms with van der Waals surface area (Å²) in [5.41, 5.74) is 2.72. The van der Waals surface area contributed by atoms with Gasteiger partial charge in [0.15, 0.2) is 5.78 Å². The summed E-state index contributed by atoms with van der Waals surface area (Å²) in [6.45, 7) is 1.91. The fourth-order valence-electron chi connectivity index (χ4n) is 3.26. The molecule has 0 aliphatic carbocycles. The molecule has 0 radical (unpaired) electrons. The second-order valence-corrected chi connectivity index (χ2v) is 8.98. The van der Waals surface area contributed by atoms with E-state index in [1.165, 1.54) is 17.4 Å². The lowest BCUT2D eigenvalue weighted by molar-refractivity contribution is -0.116. The molecule has 3 aromatic rings. The van der Waals surface area contributed by atoms with Crippen LogP contribution in [-0.4, -0.2) is 29.3 Å². The highest BCUT2D eigenvalue weighted by molar-refractivity contribution is 7.17. The largest absolute Gasteiger partial charge is 0.486 e. The van der Waals surface area contributed by atoms with E-state index in [0.717, 1.165) is 21.6 Å². The molecule has 0 saturated carbocycles. The van der Waals surface area contributed by atoms with Crippen LogP contribution in [0.4, 0.5) is 0 Å². The summed E-state index contributed by atoms with van der Waals surface area (Å²) in [6.07, 6.45) is 5.14. The number of Topliss-reactive ketones (excluding diaryl/α,β-unsaturated/α-hetero) is 1. The van der Waals surface area contributed by atoms with Crippen molar-refractivity contribution in [3.8, 4) is 16.2 Å². The summed E-state index contributed by atoms with van der Waals surface area (Å²) in [5, 5.41) is 3.77. The van der Waals surface area contributed by atoms with E-state index >= 15 is 0 Å². The van der Waals surface area contributed by atoms with Gasteiger partial charge in [0.2, 0.25) is 5.91 Å². The average molecular weight is 473 g/mol. The number of aromatic nitrogens is 1. The number of fused-ring (bicyclic) bond motifs is 1. The van der Waals surface area contributed by atoms with Crippen LogP contribution in [0.25, 0.3) is 16.5 Å². The van der Waals surface area contributed by atoms with Crippen molar-refractivity contribution >= 4 is 52.3 Å². The van der Waals surface area contributed by atoms with Gasteiger partial charge >= 0.3 is 0 Å². The van der Waals surface area contributed by atoms with Crippen molar-refractivity contribution in [2.24, 2.45) is 0 Å². The molecule has 1 aromatic carbocycles. The molecule has 31 heavy (non-hydrogen) atoms. The number of rotatable bonds is 6. The Kier molecular flexibility index (Phi) is 6.41. The van der Waals surface area contributed by atoms with Gasteiger partial charge in [-0.05, 0) is 54.5 Å². The van der Waals surface area contributed by atoms with Crippen molar-refractivity contribution in [3.63, 3.8) is 0 Å². The first kappa shape index (κ1) is 21.6. The van der Waals surface area contributed by atoms with Crippen molar-refractivity contribution in [2.75, 3.05) is 6.54 Å². The molecule has 0 spiro atoms. The van der Waals surface area contributed by atoms with E-state index in [1.807, 2.05) is 24.3 Å². The molecule has 0 fully saturated rings. The predicted molar refractivity (Wildman–Crippen MR) is 124 cm³/mol. The second kappa shape index (κ2) is 9.22. The minimum Gasteiger partial charge on any atom is -0.486 e. The van der Waals surface area contributed by atoms with Gasteiger partial charge in [0.1, 0.15) is 17.0 Å². The molecule has 4 rings (SSSR count). The quantitative estimate of drug-likeness (QED) is 0.294. The Morgan fingerprint density at radius 1 is 1.26 bits per heavy atom. The van der Waals surface area contributed by atoms with Crippen molar-refractivity contribution in [3.05, 3.63) is 74.9 Å². The number of amides is 1. The molecule has 1 amide bonds. The molecule has 158 valence electrons. The summed E-state index contributed by atoms with van der Waals surface area (Å²) in [4.78, 5) is 29.4. The van der Waals surface area contributed by atoms with E-state index in [9.17, 15) is 9.59 Å². The predicted octanol–water partition coefficient (Wildman–Crippen LogP) is 5.45. The van der Waals surface area contributed by atoms with E-state index in [4.69, 9.17) is 27.9 Å². The van der Waals surface area contributed by atoms with E-state index < -0.39 is 0 Å². The molecule has 1 atom stereocenters. The normalized spacial score (nSPS) is 15.0. The van der Waals surface area contributed by atoms with Gasteiger partial charge in [-0.15, -0.1) is 11.3 Å². The van der Waals surface area contributed by atoms with Crippen molar-refractivity contribution < 1.29 is 14.3 Å². The van der Waals surface area contributed by atoms with Crippen molar-refractivity contribution in [1.82, 2.24) is 10.3 Å². The third kappa shape index (κ3) is 5.15. The van der Waals surface area contributed by atoms with Crippen LogP contribution in [0.15, 0.2) is 48.7 Å². The van der Waals surface area contributed by atoms with E-state index in [-0.39, 0.29) is 17.8 Å². The Labute approximate surface area is 193 Å². The zero-order valence-electron chi connectivity index (χ0n) is 16.5. The Hall–Kier alpha value is -2.67. The van der Waals surface area contributed by atoms with Gasteiger partial charge in [0.25, 0.3) is 0 Å². The average Bonchev–Trinajstić information content (AvgIpc) is 3.39. The molecule has 5 nitrogen and oxygen atoms in total. The summed E-state index contributed by atoms with van der Waals surface area (Å²) < 4.78 is 5.95. The first-order valence-corrected chi connectivity index (χ1v) is 11.1. The first-order valence-electron chi connectivity index (χ1n) is 9.57. The van der Waals surface area contributed by atoms with Crippen LogP contribution >= 0.6 is 34.5 Å². The van der Waals surface area contributed by atoms with E-state index in [0.29, 0.717) is 33.8 Å². The summed E-state index contributed by atoms with van der Waals surface area (Å²) in [5.74, 6) is 0.469. The summed E-state index contributed by atoms with van der Waals surface area (Å²) in [6, 6.07) is 11.1. The van der Waals surface area contributed by atoms with Gasteiger partial charge in [-0.25, -0.2) is 4.98 Å². The van der Waals surface area contributed by atoms with Gasteiger partial charge in [-0.3, -0.25) is 9.59 Å². The van der Waals surface area contributed by atoms with Crippen molar-refractivity contribution in [2.45, 2.75) is 19.4 Å². The van der Waals surface area contributed by atoms with Crippen LogP contribution in [0.2, 0.25) is 10.2 Å². The van der Waals surface area contributed by atoms with Crippen LogP contribution in [0, 0.1) is 0 Å². The third-order valence-corrected chi connectivity index (χ3v) is 6.51. The fourth-order valence-corrected chi connectivity index (χ4v) is 4.54. The number of nitrogens with zero attached hydrogens (tertiary/aromatic N) is 1. The van der Waals surface area contributed by atoms with Gasteiger partial charge < -0.3 is 10.1 Å². The number of hydrogen-bond acceptors (Lipinski definition) is 5. The SMILES string of the molecule is CC(=O)c1ccc(-c2cc(Cl)c3c(c2)CC(CNC(=O)C=Cc2ccc(Cl)nc2)O3)s1. The second-order valence-electron chi connectivity index (χ2n) is 7.10. The molecule has 1 aliphatic heterocycles. The number of benzene rings is 1. The standard InChI is InChI=1S/C23H18Cl2N2O3S/c1-13(28)19-4-5-20(31-19)15-8-16-9-17(30-23(16)18(24)10-15)12-27-22(29)7-3-14-2-6-21(25)26-11-14/h2-8,10-11,17H,9,12H2,1H3,(H,27,29). The number of carbonyl (C=O) groups is 2. The van der Waals surface area contributed by atoms with Crippen LogP contribution in [0.3, 0.4) is 0 Å². The number of nitrogens with one attached hydrogen (secondary N) is 1. The lowest BCUT2D eigenvalue weighted by atomic mass is 10.1. The van der Waals surface area contributed by atoms with Crippen LogP contribution < -0.4 is 10.1 Å². The topological polar surface area (TPSA) is 68.3 Å². The van der Waals surface area contributed by atoms with Gasteiger partial charge in [0, 0.05) is 29.1 Å². The maximum absolute atomic E-state index is 12.1. The minimum atomic E-state index is -0.225. The molecular formula is C23H18Cl2N2O3S. The van der Waals surface area contributed by atoms with Gasteiger partial charge in [-0.2, -0.15) is 0 Å². The van der Waals surface area contributed by atoms with Crippen LogP contribution in [0.5, 0.6) is 5.75 Å². The molecule has 1 unspecified atom stereocenters. The lowest BCUT2D eigenvalue weighted by Crippen LogP contribution is -2.33. The number of ether oxygens (including phenoxy) is 1. The number of halogens is 2. The number of carbonyl (C=O) groups excluding carboxylic acids is 2. The van der Waals surface area contributed by atoms with Gasteiger partial charge in [0.05, 0.1) is 16.4 Å². The Balaban J connectivity index is 1.38. The number of pyridine rings is 1. The lowest BCUT2D eigenvalue weighted by Gasteiger charge is -2.11. The molecule has 0 bridgehead atoms. The molecule has 1 N–H and O–H groups in total. The zero-order valence-corrected chi connectivity index (χ0v) is 18.9. The minimum absolute atomic E-state index is 0.0454. The molecule has 1 aliphatic rings. The van der Waals surface area contributed by atoms with E-state index in [2.05, 4.69) is 10.3 Å².